The first-order valence-electron chi connectivity index (χ1n) is 4.04. The number of anilines is 2. The molecule has 0 aliphatic carbocycles. The van der Waals surface area contributed by atoms with E-state index in [9.17, 15) is 4.39 Å². The number of hydrogen-bond donors (Lipinski definition) is 2. The lowest BCUT2D eigenvalue weighted by Crippen LogP contribution is -2.04. The van der Waals surface area contributed by atoms with Crippen LogP contribution in [-0.4, -0.2) is 19.9 Å². The number of nitrogens with two attached hydrogens (primary N) is 2. The third-order valence-corrected chi connectivity index (χ3v) is 1.66. The van der Waals surface area contributed by atoms with E-state index in [1.165, 1.54) is 18.3 Å². The molecule has 2 heterocycles. The van der Waals surface area contributed by atoms with Crippen molar-refractivity contribution in [1.29, 1.82) is 0 Å². The zero-order chi connectivity index (χ0) is 10.8. The fourth-order valence-corrected chi connectivity index (χ4v) is 1.05. The van der Waals surface area contributed by atoms with Crippen LogP contribution in [0.15, 0.2) is 18.3 Å². The molecule has 2 aromatic rings. The van der Waals surface area contributed by atoms with Crippen molar-refractivity contribution in [2.75, 3.05) is 11.5 Å². The smallest absolute Gasteiger partial charge is 0.225 e. The van der Waals surface area contributed by atoms with E-state index in [0.717, 1.165) is 0 Å². The molecule has 4 N–H and O–H groups in total. The molecule has 7 heteroatoms. The van der Waals surface area contributed by atoms with Gasteiger partial charge in [-0.3, -0.25) is 0 Å². The highest BCUT2D eigenvalue weighted by Crippen LogP contribution is 2.14. The number of halogens is 1. The average molecular weight is 206 g/mol. The summed E-state index contributed by atoms with van der Waals surface area (Å²) in [7, 11) is 0. The highest BCUT2D eigenvalue weighted by molar-refractivity contribution is 5.55. The normalized spacial score (nSPS) is 10.2. The van der Waals surface area contributed by atoms with Crippen molar-refractivity contribution < 1.29 is 4.39 Å². The molecule has 0 saturated heterocycles. The van der Waals surface area contributed by atoms with Crippen LogP contribution in [0.4, 0.5) is 16.3 Å². The van der Waals surface area contributed by atoms with Crippen LogP contribution in [0.2, 0.25) is 0 Å². The van der Waals surface area contributed by atoms with Crippen LogP contribution < -0.4 is 11.5 Å². The molecule has 0 unspecified atom stereocenters. The van der Waals surface area contributed by atoms with Crippen molar-refractivity contribution in [2.24, 2.45) is 0 Å². The maximum atomic E-state index is 12.5. The molecule has 2 rings (SSSR count). The van der Waals surface area contributed by atoms with Gasteiger partial charge in [0.1, 0.15) is 0 Å². The van der Waals surface area contributed by atoms with Gasteiger partial charge in [-0.1, -0.05) is 0 Å². The minimum Gasteiger partial charge on any atom is -0.368 e. The lowest BCUT2D eigenvalue weighted by molar-refractivity contribution is 0.584. The predicted octanol–water partition coefficient (Wildman–Crippen LogP) is 0.237. The Hall–Kier alpha value is -2.31. The van der Waals surface area contributed by atoms with Gasteiger partial charge in [-0.15, -0.1) is 0 Å². The Labute approximate surface area is 84.2 Å². The third kappa shape index (κ3) is 1.96. The molecule has 2 aromatic heterocycles. The molecular formula is C8H7FN6. The summed E-state index contributed by atoms with van der Waals surface area (Å²) >= 11 is 0. The van der Waals surface area contributed by atoms with Gasteiger partial charge in [-0.25, -0.2) is 4.98 Å². The molecule has 0 aromatic carbocycles. The van der Waals surface area contributed by atoms with E-state index in [2.05, 4.69) is 19.9 Å². The van der Waals surface area contributed by atoms with Crippen LogP contribution >= 0.6 is 0 Å². The Morgan fingerprint density at radius 3 is 2.20 bits per heavy atom. The van der Waals surface area contributed by atoms with E-state index >= 15 is 0 Å². The Morgan fingerprint density at radius 1 is 1.00 bits per heavy atom. The molecule has 0 atom stereocenters. The van der Waals surface area contributed by atoms with Gasteiger partial charge in [0.15, 0.2) is 5.82 Å². The quantitative estimate of drug-likeness (QED) is 0.647. The molecule has 0 bridgehead atoms. The predicted molar refractivity (Wildman–Crippen MR) is 51.8 cm³/mol. The SMILES string of the molecule is Nc1nc(N)nc(-c2ccc(F)nc2)n1. The molecule has 0 aliphatic heterocycles. The van der Waals surface area contributed by atoms with Crippen LogP contribution in [0, 0.1) is 5.95 Å². The van der Waals surface area contributed by atoms with Crippen molar-refractivity contribution in [2.45, 2.75) is 0 Å². The monoisotopic (exact) mass is 206 g/mol. The van der Waals surface area contributed by atoms with Gasteiger partial charge in [0.2, 0.25) is 17.8 Å². The molecule has 0 fully saturated rings. The number of rotatable bonds is 1. The minimum absolute atomic E-state index is 0.0156. The summed E-state index contributed by atoms with van der Waals surface area (Å²) in [5, 5.41) is 0. The summed E-state index contributed by atoms with van der Waals surface area (Å²) in [6, 6.07) is 2.68. The second-order valence-electron chi connectivity index (χ2n) is 2.75. The first kappa shape index (κ1) is 9.25. The van der Waals surface area contributed by atoms with Crippen molar-refractivity contribution in [3.8, 4) is 11.4 Å². The van der Waals surface area contributed by atoms with Gasteiger partial charge in [0.05, 0.1) is 0 Å². The molecule has 15 heavy (non-hydrogen) atoms. The summed E-state index contributed by atoms with van der Waals surface area (Å²) in [5.74, 6) is -0.273. The van der Waals surface area contributed by atoms with Crippen LogP contribution in [0.5, 0.6) is 0 Å². The maximum Gasteiger partial charge on any atom is 0.225 e. The standard InChI is InChI=1S/C8H7FN6/c9-5-2-1-4(3-12-5)6-13-7(10)15-8(11)14-6/h1-3H,(H4,10,11,13,14,15). The molecule has 0 saturated carbocycles. The van der Waals surface area contributed by atoms with Crippen LogP contribution in [0.25, 0.3) is 11.4 Å². The highest BCUT2D eigenvalue weighted by Gasteiger charge is 2.05. The summed E-state index contributed by atoms with van der Waals surface area (Å²) < 4.78 is 12.5. The minimum atomic E-state index is -0.575. The number of nitrogens with zero attached hydrogens (tertiary/aromatic N) is 4. The number of nitrogen functional groups attached to an aromatic ring is 2. The molecule has 0 amide bonds. The molecule has 6 nitrogen and oxygen atoms in total. The Kier molecular flexibility index (Phi) is 2.13. The lowest BCUT2D eigenvalue weighted by Gasteiger charge is -2.00. The highest BCUT2D eigenvalue weighted by atomic mass is 19.1. The topological polar surface area (TPSA) is 104 Å². The summed E-state index contributed by atoms with van der Waals surface area (Å²) in [6.45, 7) is 0. The van der Waals surface area contributed by atoms with E-state index in [1.807, 2.05) is 0 Å². The summed E-state index contributed by atoms with van der Waals surface area (Å²) in [5.41, 5.74) is 11.3. The molecular weight excluding hydrogens is 199 g/mol. The second kappa shape index (κ2) is 3.45. The summed E-state index contributed by atoms with van der Waals surface area (Å²) in [4.78, 5) is 14.8. The van der Waals surface area contributed by atoms with Crippen LogP contribution in [-0.2, 0) is 0 Å². The number of hydrogen-bond acceptors (Lipinski definition) is 6. The first-order chi connectivity index (χ1) is 7.15. The van der Waals surface area contributed by atoms with Crippen molar-refractivity contribution in [1.82, 2.24) is 19.9 Å². The van der Waals surface area contributed by atoms with E-state index in [-0.39, 0.29) is 17.7 Å². The van der Waals surface area contributed by atoms with Gasteiger partial charge in [0.25, 0.3) is 0 Å². The summed E-state index contributed by atoms with van der Waals surface area (Å²) in [6.07, 6.45) is 1.30. The van der Waals surface area contributed by atoms with Crippen molar-refractivity contribution in [3.63, 3.8) is 0 Å². The zero-order valence-corrected chi connectivity index (χ0v) is 7.55. The van der Waals surface area contributed by atoms with Gasteiger partial charge >= 0.3 is 0 Å². The molecule has 0 radical (unpaired) electrons. The third-order valence-electron chi connectivity index (χ3n) is 1.66. The van der Waals surface area contributed by atoms with E-state index in [0.29, 0.717) is 5.56 Å². The van der Waals surface area contributed by atoms with E-state index in [4.69, 9.17) is 11.5 Å². The van der Waals surface area contributed by atoms with Crippen molar-refractivity contribution >= 4 is 11.9 Å². The van der Waals surface area contributed by atoms with Gasteiger partial charge < -0.3 is 11.5 Å². The average Bonchev–Trinajstić information content (AvgIpc) is 2.17. The van der Waals surface area contributed by atoms with Crippen LogP contribution in [0.3, 0.4) is 0 Å². The van der Waals surface area contributed by atoms with E-state index in [1.54, 1.807) is 0 Å². The van der Waals surface area contributed by atoms with Crippen LogP contribution in [0.1, 0.15) is 0 Å². The van der Waals surface area contributed by atoms with Gasteiger partial charge in [-0.2, -0.15) is 19.3 Å². The van der Waals surface area contributed by atoms with Crippen molar-refractivity contribution in [3.05, 3.63) is 24.3 Å². The fraction of sp³-hybridized carbons (Fsp3) is 0. The Morgan fingerprint density at radius 2 is 1.67 bits per heavy atom. The lowest BCUT2D eigenvalue weighted by atomic mass is 10.3. The number of pyridine rings is 1. The fourth-order valence-electron chi connectivity index (χ4n) is 1.05. The largest absolute Gasteiger partial charge is 0.368 e. The van der Waals surface area contributed by atoms with E-state index < -0.39 is 5.95 Å². The van der Waals surface area contributed by atoms with Gasteiger partial charge in [0, 0.05) is 11.8 Å². The van der Waals surface area contributed by atoms with Gasteiger partial charge in [-0.05, 0) is 12.1 Å². The molecule has 0 spiro atoms. The number of aromatic nitrogens is 4. The molecule has 76 valence electrons. The first-order valence-corrected chi connectivity index (χ1v) is 4.04. The second-order valence-corrected chi connectivity index (χ2v) is 2.75. The Balaban J connectivity index is 2.49. The zero-order valence-electron chi connectivity index (χ0n) is 7.55. The Bertz CT molecular complexity index is 463. The molecule has 0 aliphatic rings. The maximum absolute atomic E-state index is 12.5.